The lowest BCUT2D eigenvalue weighted by molar-refractivity contribution is 0.0573. The number of pyridine rings is 1. The Labute approximate surface area is 177 Å². The Hall–Kier alpha value is -2.05. The molecule has 1 saturated carbocycles. The van der Waals surface area contributed by atoms with Crippen LogP contribution in [-0.4, -0.2) is 59.2 Å². The molecule has 0 unspecified atom stereocenters. The molecule has 0 N–H and O–H groups in total. The summed E-state index contributed by atoms with van der Waals surface area (Å²) in [7, 11) is 0. The van der Waals surface area contributed by atoms with Gasteiger partial charge in [-0.25, -0.2) is 4.98 Å². The van der Waals surface area contributed by atoms with Crippen molar-refractivity contribution >= 4 is 17.7 Å². The van der Waals surface area contributed by atoms with E-state index in [1.54, 1.807) is 24.0 Å². The molecule has 154 valence electrons. The lowest BCUT2D eigenvalue weighted by atomic mass is 10.1. The van der Waals surface area contributed by atoms with Crippen molar-refractivity contribution in [1.82, 2.24) is 14.8 Å². The first kappa shape index (κ1) is 20.2. The van der Waals surface area contributed by atoms with E-state index in [-0.39, 0.29) is 5.91 Å². The van der Waals surface area contributed by atoms with Gasteiger partial charge in [0.05, 0.1) is 5.56 Å². The number of aromatic nitrogens is 1. The average molecular weight is 412 g/mol. The van der Waals surface area contributed by atoms with E-state index in [4.69, 9.17) is 4.74 Å². The van der Waals surface area contributed by atoms with Gasteiger partial charge in [-0.3, -0.25) is 9.69 Å². The molecule has 0 spiro atoms. The van der Waals surface area contributed by atoms with Crippen LogP contribution in [0, 0.1) is 6.92 Å². The second kappa shape index (κ2) is 9.18. The number of carbonyl (C=O) groups is 1. The third-order valence-corrected chi connectivity index (χ3v) is 6.91. The highest BCUT2D eigenvalue weighted by Crippen LogP contribution is 2.27. The molecular formula is C23H29N3O2S. The molecule has 2 aromatic rings. The van der Waals surface area contributed by atoms with Gasteiger partial charge < -0.3 is 9.64 Å². The van der Waals surface area contributed by atoms with Gasteiger partial charge in [0.15, 0.2) is 0 Å². The SMILES string of the molecule is CSc1ccc(Oc2ccc(C(=O)N3CCN(C4CCCC4)CC3)cn2)cc1C. The fourth-order valence-corrected chi connectivity index (χ4v) is 4.93. The Bertz CT molecular complexity index is 842. The summed E-state index contributed by atoms with van der Waals surface area (Å²) in [6.45, 7) is 5.64. The number of piperazine rings is 1. The van der Waals surface area contributed by atoms with Crippen LogP contribution in [0.15, 0.2) is 41.4 Å². The molecule has 0 bridgehead atoms. The summed E-state index contributed by atoms with van der Waals surface area (Å²) in [5.74, 6) is 1.33. The maximum absolute atomic E-state index is 12.8. The number of benzene rings is 1. The van der Waals surface area contributed by atoms with E-state index >= 15 is 0 Å². The van der Waals surface area contributed by atoms with Crippen LogP contribution in [0.25, 0.3) is 0 Å². The number of amides is 1. The quantitative estimate of drug-likeness (QED) is 0.673. The minimum Gasteiger partial charge on any atom is -0.439 e. The fraction of sp³-hybridized carbons (Fsp3) is 0.478. The standard InChI is InChI=1S/C23H29N3O2S/c1-17-15-20(8-9-21(17)29-2)28-22-10-7-18(16-24-22)23(27)26-13-11-25(12-14-26)19-5-3-4-6-19/h7-10,15-16,19H,3-6,11-14H2,1-2H3. The molecule has 0 radical (unpaired) electrons. The molecule has 1 saturated heterocycles. The minimum absolute atomic E-state index is 0.0651. The van der Waals surface area contributed by atoms with Crippen molar-refractivity contribution in [2.45, 2.75) is 43.5 Å². The summed E-state index contributed by atoms with van der Waals surface area (Å²) in [6.07, 6.45) is 9.03. The zero-order chi connectivity index (χ0) is 20.2. The summed E-state index contributed by atoms with van der Waals surface area (Å²) >= 11 is 1.72. The number of hydrogen-bond acceptors (Lipinski definition) is 5. The van der Waals surface area contributed by atoms with Crippen molar-refractivity contribution in [2.24, 2.45) is 0 Å². The van der Waals surface area contributed by atoms with Gasteiger partial charge in [-0.15, -0.1) is 11.8 Å². The van der Waals surface area contributed by atoms with E-state index in [0.717, 1.165) is 38.0 Å². The van der Waals surface area contributed by atoms with Gasteiger partial charge in [-0.1, -0.05) is 12.8 Å². The molecule has 1 aliphatic carbocycles. The summed E-state index contributed by atoms with van der Waals surface area (Å²) < 4.78 is 5.86. The van der Waals surface area contributed by atoms with E-state index in [1.165, 1.54) is 36.1 Å². The van der Waals surface area contributed by atoms with Gasteiger partial charge in [-0.05, 0) is 55.9 Å². The van der Waals surface area contributed by atoms with Crippen LogP contribution >= 0.6 is 11.8 Å². The Balaban J connectivity index is 1.34. The summed E-state index contributed by atoms with van der Waals surface area (Å²) in [5.41, 5.74) is 1.80. The minimum atomic E-state index is 0.0651. The van der Waals surface area contributed by atoms with Crippen LogP contribution in [0.5, 0.6) is 11.6 Å². The molecule has 6 heteroatoms. The monoisotopic (exact) mass is 411 g/mol. The molecule has 4 rings (SSSR count). The van der Waals surface area contributed by atoms with E-state index < -0.39 is 0 Å². The molecule has 2 heterocycles. The Morgan fingerprint density at radius 2 is 1.86 bits per heavy atom. The predicted octanol–water partition coefficient (Wildman–Crippen LogP) is 4.60. The van der Waals surface area contributed by atoms with E-state index in [2.05, 4.69) is 29.1 Å². The summed E-state index contributed by atoms with van der Waals surface area (Å²) in [6, 6.07) is 10.3. The van der Waals surface area contributed by atoms with Gasteiger partial charge in [0, 0.05) is 49.4 Å². The first-order valence-electron chi connectivity index (χ1n) is 10.5. The predicted molar refractivity (Wildman–Crippen MR) is 117 cm³/mol. The molecule has 1 aromatic carbocycles. The molecule has 2 aliphatic rings. The number of hydrogen-bond donors (Lipinski definition) is 0. The molecule has 29 heavy (non-hydrogen) atoms. The van der Waals surface area contributed by atoms with Gasteiger partial charge >= 0.3 is 0 Å². The molecule has 1 aromatic heterocycles. The molecule has 1 amide bonds. The molecule has 2 fully saturated rings. The van der Waals surface area contributed by atoms with Crippen molar-refractivity contribution < 1.29 is 9.53 Å². The van der Waals surface area contributed by atoms with Crippen LogP contribution < -0.4 is 4.74 Å². The smallest absolute Gasteiger partial charge is 0.255 e. The highest BCUT2D eigenvalue weighted by Gasteiger charge is 2.28. The highest BCUT2D eigenvalue weighted by molar-refractivity contribution is 7.98. The van der Waals surface area contributed by atoms with Crippen molar-refractivity contribution in [3.63, 3.8) is 0 Å². The maximum atomic E-state index is 12.8. The van der Waals surface area contributed by atoms with Crippen LogP contribution in [0.1, 0.15) is 41.6 Å². The maximum Gasteiger partial charge on any atom is 0.255 e. The third kappa shape index (κ3) is 4.75. The van der Waals surface area contributed by atoms with Crippen molar-refractivity contribution in [2.75, 3.05) is 32.4 Å². The number of carbonyl (C=O) groups excluding carboxylic acids is 1. The number of aryl methyl sites for hydroxylation is 1. The van der Waals surface area contributed by atoms with Crippen LogP contribution in [0.2, 0.25) is 0 Å². The Kier molecular flexibility index (Phi) is 6.40. The zero-order valence-corrected chi connectivity index (χ0v) is 18.1. The van der Waals surface area contributed by atoms with Crippen molar-refractivity contribution in [3.8, 4) is 11.6 Å². The molecular weight excluding hydrogens is 382 g/mol. The zero-order valence-electron chi connectivity index (χ0n) is 17.3. The van der Waals surface area contributed by atoms with Crippen LogP contribution in [0.3, 0.4) is 0 Å². The van der Waals surface area contributed by atoms with Gasteiger partial charge in [-0.2, -0.15) is 0 Å². The van der Waals surface area contributed by atoms with Gasteiger partial charge in [0.2, 0.25) is 5.88 Å². The highest BCUT2D eigenvalue weighted by atomic mass is 32.2. The lowest BCUT2D eigenvalue weighted by Crippen LogP contribution is -2.51. The number of thioether (sulfide) groups is 1. The summed E-state index contributed by atoms with van der Waals surface area (Å²) in [4.78, 5) is 22.9. The fourth-order valence-electron chi connectivity index (χ4n) is 4.34. The third-order valence-electron chi connectivity index (χ3n) is 6.01. The number of nitrogens with zero attached hydrogens (tertiary/aromatic N) is 3. The second-order valence-corrected chi connectivity index (χ2v) is 8.73. The first-order valence-corrected chi connectivity index (χ1v) is 11.7. The number of ether oxygens (including phenoxy) is 1. The molecule has 5 nitrogen and oxygen atoms in total. The normalized spacial score (nSPS) is 18.2. The first-order chi connectivity index (χ1) is 14.1. The average Bonchev–Trinajstić information content (AvgIpc) is 3.29. The van der Waals surface area contributed by atoms with Crippen LogP contribution in [0.4, 0.5) is 0 Å². The second-order valence-electron chi connectivity index (χ2n) is 7.89. The van der Waals surface area contributed by atoms with Gasteiger partial charge in [0.1, 0.15) is 5.75 Å². The Morgan fingerprint density at radius 1 is 1.10 bits per heavy atom. The van der Waals surface area contributed by atoms with E-state index in [0.29, 0.717) is 11.4 Å². The Morgan fingerprint density at radius 3 is 2.48 bits per heavy atom. The topological polar surface area (TPSA) is 45.7 Å². The summed E-state index contributed by atoms with van der Waals surface area (Å²) in [5, 5.41) is 0. The lowest BCUT2D eigenvalue weighted by Gasteiger charge is -2.38. The van der Waals surface area contributed by atoms with Crippen LogP contribution in [-0.2, 0) is 0 Å². The van der Waals surface area contributed by atoms with Gasteiger partial charge in [0.25, 0.3) is 5.91 Å². The number of rotatable bonds is 5. The molecule has 0 atom stereocenters. The molecule has 1 aliphatic heterocycles. The largest absolute Gasteiger partial charge is 0.439 e. The van der Waals surface area contributed by atoms with E-state index in [1.807, 2.05) is 23.1 Å². The van der Waals surface area contributed by atoms with E-state index in [9.17, 15) is 4.79 Å². The van der Waals surface area contributed by atoms with Crippen molar-refractivity contribution in [3.05, 3.63) is 47.7 Å². The van der Waals surface area contributed by atoms with Crippen molar-refractivity contribution in [1.29, 1.82) is 0 Å².